The van der Waals surface area contributed by atoms with Gasteiger partial charge in [0.25, 0.3) is 0 Å². The molecule has 0 aromatic heterocycles. The van der Waals surface area contributed by atoms with Crippen LogP contribution in [0, 0.1) is 6.92 Å². The Bertz CT molecular complexity index is 602. The SMILES string of the molecule is CCCc1cccc(C(=O)c2ccc(Cl)cc2C)c1. The van der Waals surface area contributed by atoms with E-state index in [0.717, 1.165) is 29.5 Å². The summed E-state index contributed by atoms with van der Waals surface area (Å²) in [4.78, 5) is 12.5. The predicted molar refractivity (Wildman–Crippen MR) is 80.1 cm³/mol. The van der Waals surface area contributed by atoms with E-state index in [1.165, 1.54) is 5.56 Å². The summed E-state index contributed by atoms with van der Waals surface area (Å²) >= 11 is 5.92. The lowest BCUT2D eigenvalue weighted by molar-refractivity contribution is 0.103. The minimum absolute atomic E-state index is 0.0621. The van der Waals surface area contributed by atoms with E-state index >= 15 is 0 Å². The average Bonchev–Trinajstić information content (AvgIpc) is 2.39. The van der Waals surface area contributed by atoms with Crippen LogP contribution < -0.4 is 0 Å². The highest BCUT2D eigenvalue weighted by Crippen LogP contribution is 2.19. The van der Waals surface area contributed by atoms with Crippen LogP contribution in [0.4, 0.5) is 0 Å². The third-order valence-electron chi connectivity index (χ3n) is 3.16. The lowest BCUT2D eigenvalue weighted by Crippen LogP contribution is -2.04. The summed E-state index contributed by atoms with van der Waals surface area (Å²) in [7, 11) is 0. The maximum atomic E-state index is 12.5. The third kappa shape index (κ3) is 3.24. The lowest BCUT2D eigenvalue weighted by atomic mass is 9.97. The van der Waals surface area contributed by atoms with Crippen LogP contribution in [-0.2, 0) is 6.42 Å². The fourth-order valence-electron chi connectivity index (χ4n) is 2.19. The highest BCUT2D eigenvalue weighted by molar-refractivity contribution is 6.30. The van der Waals surface area contributed by atoms with E-state index in [-0.39, 0.29) is 5.78 Å². The molecule has 0 spiro atoms. The second-order valence-electron chi connectivity index (χ2n) is 4.74. The van der Waals surface area contributed by atoms with Gasteiger partial charge in [0.15, 0.2) is 5.78 Å². The van der Waals surface area contributed by atoms with Crippen molar-refractivity contribution in [2.24, 2.45) is 0 Å². The summed E-state index contributed by atoms with van der Waals surface area (Å²) in [6, 6.07) is 13.3. The number of benzene rings is 2. The van der Waals surface area contributed by atoms with Crippen molar-refractivity contribution in [3.8, 4) is 0 Å². The Morgan fingerprint density at radius 3 is 2.63 bits per heavy atom. The number of rotatable bonds is 4. The fourth-order valence-corrected chi connectivity index (χ4v) is 2.42. The van der Waals surface area contributed by atoms with Gasteiger partial charge in [-0.3, -0.25) is 4.79 Å². The number of halogens is 1. The summed E-state index contributed by atoms with van der Waals surface area (Å²) in [6.07, 6.45) is 2.08. The first-order valence-electron chi connectivity index (χ1n) is 6.51. The Morgan fingerprint density at radius 2 is 1.95 bits per heavy atom. The Kier molecular flexibility index (Phi) is 4.39. The van der Waals surface area contributed by atoms with Crippen molar-refractivity contribution in [1.29, 1.82) is 0 Å². The molecule has 0 amide bonds. The Morgan fingerprint density at radius 1 is 1.16 bits per heavy atom. The Balaban J connectivity index is 2.35. The third-order valence-corrected chi connectivity index (χ3v) is 3.40. The van der Waals surface area contributed by atoms with Gasteiger partial charge in [-0.15, -0.1) is 0 Å². The molecule has 0 aliphatic carbocycles. The second-order valence-corrected chi connectivity index (χ2v) is 5.18. The van der Waals surface area contributed by atoms with Crippen molar-refractivity contribution in [1.82, 2.24) is 0 Å². The van der Waals surface area contributed by atoms with Gasteiger partial charge in [0.2, 0.25) is 0 Å². The van der Waals surface area contributed by atoms with Crippen molar-refractivity contribution in [2.45, 2.75) is 26.7 Å². The average molecular weight is 273 g/mol. The number of hydrogen-bond donors (Lipinski definition) is 0. The smallest absolute Gasteiger partial charge is 0.193 e. The van der Waals surface area contributed by atoms with Gasteiger partial charge < -0.3 is 0 Å². The first kappa shape index (κ1) is 13.8. The Hall–Kier alpha value is -1.60. The zero-order chi connectivity index (χ0) is 13.8. The quantitative estimate of drug-likeness (QED) is 0.729. The highest BCUT2D eigenvalue weighted by Gasteiger charge is 2.12. The van der Waals surface area contributed by atoms with E-state index < -0.39 is 0 Å². The largest absolute Gasteiger partial charge is 0.289 e. The zero-order valence-electron chi connectivity index (χ0n) is 11.2. The van der Waals surface area contributed by atoms with Gasteiger partial charge in [-0.25, -0.2) is 0 Å². The summed E-state index contributed by atoms with van der Waals surface area (Å²) < 4.78 is 0. The van der Waals surface area contributed by atoms with Gasteiger partial charge in [-0.1, -0.05) is 43.1 Å². The first-order valence-corrected chi connectivity index (χ1v) is 6.89. The number of aryl methyl sites for hydroxylation is 2. The molecule has 0 radical (unpaired) electrons. The van der Waals surface area contributed by atoms with Gasteiger partial charge in [0, 0.05) is 16.1 Å². The number of carbonyl (C=O) groups excluding carboxylic acids is 1. The van der Waals surface area contributed by atoms with Crippen molar-refractivity contribution in [3.63, 3.8) is 0 Å². The molecule has 0 aliphatic rings. The summed E-state index contributed by atoms with van der Waals surface area (Å²) in [5, 5.41) is 0.661. The molecule has 2 rings (SSSR count). The van der Waals surface area contributed by atoms with E-state index in [1.54, 1.807) is 12.1 Å². The van der Waals surface area contributed by atoms with Gasteiger partial charge >= 0.3 is 0 Å². The molecule has 98 valence electrons. The molecule has 0 unspecified atom stereocenters. The number of ketones is 1. The lowest BCUT2D eigenvalue weighted by Gasteiger charge is -2.07. The fraction of sp³-hybridized carbons (Fsp3) is 0.235. The van der Waals surface area contributed by atoms with Crippen LogP contribution in [0.2, 0.25) is 5.02 Å². The van der Waals surface area contributed by atoms with E-state index in [4.69, 9.17) is 11.6 Å². The molecular weight excluding hydrogens is 256 g/mol. The van der Waals surface area contributed by atoms with Crippen molar-refractivity contribution >= 4 is 17.4 Å². The maximum Gasteiger partial charge on any atom is 0.193 e. The summed E-state index contributed by atoms with van der Waals surface area (Å²) in [5.74, 6) is 0.0621. The molecule has 0 N–H and O–H groups in total. The molecule has 1 nitrogen and oxygen atoms in total. The van der Waals surface area contributed by atoms with Crippen LogP contribution >= 0.6 is 11.6 Å². The molecule has 0 saturated carbocycles. The van der Waals surface area contributed by atoms with E-state index in [0.29, 0.717) is 5.02 Å². The van der Waals surface area contributed by atoms with E-state index in [1.807, 2.05) is 31.2 Å². The maximum absolute atomic E-state index is 12.5. The normalized spacial score (nSPS) is 10.5. The van der Waals surface area contributed by atoms with Crippen LogP contribution in [0.15, 0.2) is 42.5 Å². The van der Waals surface area contributed by atoms with Crippen LogP contribution in [0.5, 0.6) is 0 Å². The van der Waals surface area contributed by atoms with E-state index in [9.17, 15) is 4.79 Å². The van der Waals surface area contributed by atoms with Crippen molar-refractivity contribution in [2.75, 3.05) is 0 Å². The van der Waals surface area contributed by atoms with Gasteiger partial charge in [0.1, 0.15) is 0 Å². The summed E-state index contributed by atoms with van der Waals surface area (Å²) in [6.45, 7) is 4.05. The molecule has 19 heavy (non-hydrogen) atoms. The van der Waals surface area contributed by atoms with Crippen molar-refractivity contribution in [3.05, 3.63) is 69.7 Å². The van der Waals surface area contributed by atoms with Gasteiger partial charge in [0.05, 0.1) is 0 Å². The van der Waals surface area contributed by atoms with Crippen LogP contribution in [-0.4, -0.2) is 5.78 Å². The predicted octanol–water partition coefficient (Wildman–Crippen LogP) is 4.83. The first-order chi connectivity index (χ1) is 9.11. The summed E-state index contributed by atoms with van der Waals surface area (Å²) in [5.41, 5.74) is 3.59. The molecule has 2 heteroatoms. The monoisotopic (exact) mass is 272 g/mol. The topological polar surface area (TPSA) is 17.1 Å². The van der Waals surface area contributed by atoms with Crippen LogP contribution in [0.25, 0.3) is 0 Å². The highest BCUT2D eigenvalue weighted by atomic mass is 35.5. The number of hydrogen-bond acceptors (Lipinski definition) is 1. The number of carbonyl (C=O) groups is 1. The molecule has 0 saturated heterocycles. The standard InChI is InChI=1S/C17H17ClO/c1-3-5-13-6-4-7-14(11-13)17(19)16-9-8-15(18)10-12(16)2/h4,6-11H,3,5H2,1-2H3. The Labute approximate surface area is 119 Å². The molecular formula is C17H17ClO. The van der Waals surface area contributed by atoms with Gasteiger partial charge in [-0.2, -0.15) is 0 Å². The van der Waals surface area contributed by atoms with Crippen LogP contribution in [0.3, 0.4) is 0 Å². The molecule has 0 bridgehead atoms. The van der Waals surface area contributed by atoms with Crippen LogP contribution in [0.1, 0.15) is 40.4 Å². The molecule has 2 aromatic rings. The zero-order valence-corrected chi connectivity index (χ0v) is 12.0. The molecule has 0 atom stereocenters. The minimum Gasteiger partial charge on any atom is -0.289 e. The molecule has 0 aliphatic heterocycles. The molecule has 0 heterocycles. The molecule has 2 aromatic carbocycles. The van der Waals surface area contributed by atoms with Gasteiger partial charge in [-0.05, 0) is 48.7 Å². The second kappa shape index (κ2) is 6.03. The minimum atomic E-state index is 0.0621. The van der Waals surface area contributed by atoms with E-state index in [2.05, 4.69) is 13.0 Å². The molecule has 0 fully saturated rings. The van der Waals surface area contributed by atoms with Crippen molar-refractivity contribution < 1.29 is 4.79 Å².